The highest BCUT2D eigenvalue weighted by molar-refractivity contribution is 7.98. The van der Waals surface area contributed by atoms with Crippen LogP contribution in [0.2, 0.25) is 10.0 Å². The molecule has 5 aromatic rings. The third-order valence-electron chi connectivity index (χ3n) is 7.22. The molecule has 7 nitrogen and oxygen atoms in total. The Bertz CT molecular complexity index is 1850. The Hall–Kier alpha value is -4.24. The summed E-state index contributed by atoms with van der Waals surface area (Å²) in [4.78, 5) is 18.6. The number of rotatable bonds is 9. The number of nitrogens with one attached hydrogen (secondary N) is 2. The molecule has 1 unspecified atom stereocenters. The molecule has 1 aromatic heterocycles. The van der Waals surface area contributed by atoms with Crippen molar-refractivity contribution in [2.24, 2.45) is 0 Å². The molecule has 44 heavy (non-hydrogen) atoms. The minimum absolute atomic E-state index is 0.226. The van der Waals surface area contributed by atoms with Crippen LogP contribution in [0.5, 0.6) is 5.75 Å². The summed E-state index contributed by atoms with van der Waals surface area (Å²) in [5.74, 6) is 1.62. The maximum Gasteiger partial charge on any atom is 0.255 e. The van der Waals surface area contributed by atoms with Gasteiger partial charge in [0, 0.05) is 32.7 Å². The van der Waals surface area contributed by atoms with Gasteiger partial charge in [-0.15, -0.1) is 5.10 Å². The molecule has 0 aliphatic carbocycles. The molecule has 1 aliphatic rings. The van der Waals surface area contributed by atoms with Crippen LogP contribution in [0.1, 0.15) is 35.2 Å². The van der Waals surface area contributed by atoms with E-state index < -0.39 is 6.04 Å². The van der Waals surface area contributed by atoms with E-state index in [0.717, 1.165) is 27.9 Å². The largest absolute Gasteiger partial charge is 0.489 e. The van der Waals surface area contributed by atoms with Gasteiger partial charge in [-0.1, -0.05) is 95.6 Å². The van der Waals surface area contributed by atoms with Crippen molar-refractivity contribution >= 4 is 52.5 Å². The molecule has 0 fully saturated rings. The van der Waals surface area contributed by atoms with Crippen molar-refractivity contribution in [3.63, 3.8) is 0 Å². The lowest BCUT2D eigenvalue weighted by atomic mass is 9.95. The number of halogens is 2. The van der Waals surface area contributed by atoms with Gasteiger partial charge in [0.1, 0.15) is 18.4 Å². The average Bonchev–Trinajstić information content (AvgIpc) is 3.42. The molecule has 222 valence electrons. The van der Waals surface area contributed by atoms with Gasteiger partial charge in [-0.25, -0.2) is 4.68 Å². The number of carbonyl (C=O) groups excluding carboxylic acids is 1. The minimum Gasteiger partial charge on any atom is -0.489 e. The lowest BCUT2D eigenvalue weighted by molar-refractivity contribution is -0.113. The number of hydrogen-bond donors (Lipinski definition) is 2. The molecule has 4 aromatic carbocycles. The molecule has 0 saturated heterocycles. The van der Waals surface area contributed by atoms with E-state index in [1.165, 1.54) is 11.8 Å². The number of aryl methyl sites for hydroxylation is 1. The summed E-state index contributed by atoms with van der Waals surface area (Å²) in [6.45, 7) is 4.22. The van der Waals surface area contributed by atoms with Crippen LogP contribution in [0.15, 0.2) is 113 Å². The van der Waals surface area contributed by atoms with Crippen LogP contribution in [0.3, 0.4) is 0 Å². The monoisotopic (exact) mass is 641 g/mol. The van der Waals surface area contributed by atoms with Crippen LogP contribution < -0.4 is 15.4 Å². The number of amides is 1. The summed E-state index contributed by atoms with van der Waals surface area (Å²) < 4.78 is 7.79. The second-order valence-corrected chi connectivity index (χ2v) is 12.1. The molecule has 0 bridgehead atoms. The van der Waals surface area contributed by atoms with Crippen molar-refractivity contribution in [1.82, 2.24) is 14.8 Å². The van der Waals surface area contributed by atoms with Crippen LogP contribution in [-0.2, 0) is 17.2 Å². The topological polar surface area (TPSA) is 81.1 Å². The Morgan fingerprint density at radius 2 is 1.64 bits per heavy atom. The number of carbonyl (C=O) groups is 1. The van der Waals surface area contributed by atoms with Crippen LogP contribution >= 0.6 is 35.0 Å². The predicted molar refractivity (Wildman–Crippen MR) is 178 cm³/mol. The summed E-state index contributed by atoms with van der Waals surface area (Å²) in [5, 5.41) is 13.2. The molecule has 1 amide bonds. The Labute approximate surface area is 270 Å². The number of nitrogens with zero attached hydrogens (tertiary/aromatic N) is 3. The van der Waals surface area contributed by atoms with Gasteiger partial charge in [-0.05, 0) is 66.9 Å². The van der Waals surface area contributed by atoms with Crippen molar-refractivity contribution in [2.75, 3.05) is 10.6 Å². The van der Waals surface area contributed by atoms with Gasteiger partial charge in [0.25, 0.3) is 5.91 Å². The smallest absolute Gasteiger partial charge is 0.255 e. The number of fused-ring (bicyclic) bond motifs is 1. The zero-order valence-electron chi connectivity index (χ0n) is 24.1. The summed E-state index contributed by atoms with van der Waals surface area (Å²) in [7, 11) is 0. The summed E-state index contributed by atoms with van der Waals surface area (Å²) in [6, 6.07) is 30.2. The Morgan fingerprint density at radius 3 is 2.34 bits per heavy atom. The second kappa shape index (κ2) is 13.2. The predicted octanol–water partition coefficient (Wildman–Crippen LogP) is 8.69. The maximum absolute atomic E-state index is 13.9. The number of anilines is 2. The Balaban J connectivity index is 1.30. The van der Waals surface area contributed by atoms with Crippen LogP contribution in [0, 0.1) is 6.92 Å². The van der Waals surface area contributed by atoms with E-state index >= 15 is 0 Å². The highest BCUT2D eigenvalue weighted by atomic mass is 35.5. The molecular formula is C34H29Cl2N5O2S. The van der Waals surface area contributed by atoms with Crippen molar-refractivity contribution in [2.45, 2.75) is 37.4 Å². The van der Waals surface area contributed by atoms with E-state index in [4.69, 9.17) is 38.0 Å². The van der Waals surface area contributed by atoms with Gasteiger partial charge < -0.3 is 15.4 Å². The van der Waals surface area contributed by atoms with Crippen LogP contribution in [0.25, 0.3) is 0 Å². The standard InChI is InChI=1S/C34H29Cl2N5O2S/c1-21-8-7-11-26(18-21)38-32(42)30-22(2)37-33-39-34(44-20-25-10-4-6-13-29(25)36)40-41(33)31(30)23-14-16-27(17-15-23)43-19-24-9-3-5-12-28(24)35/h3-18,31H,19-20H2,1-2H3,(H,38,42)(H,37,39,40). The second-order valence-electron chi connectivity index (χ2n) is 10.4. The summed E-state index contributed by atoms with van der Waals surface area (Å²) in [6.07, 6.45) is 0. The number of benzene rings is 4. The average molecular weight is 643 g/mol. The van der Waals surface area contributed by atoms with E-state index in [2.05, 4.69) is 10.6 Å². The number of thioether (sulfide) groups is 1. The molecule has 6 rings (SSSR count). The lowest BCUT2D eigenvalue weighted by Gasteiger charge is -2.28. The summed E-state index contributed by atoms with van der Waals surface area (Å²) >= 11 is 14.2. The number of ether oxygens (including phenoxy) is 1. The fourth-order valence-corrected chi connectivity index (χ4v) is 6.30. The van der Waals surface area contributed by atoms with Crippen molar-refractivity contribution in [3.05, 3.63) is 141 Å². The third kappa shape index (κ3) is 6.63. The van der Waals surface area contributed by atoms with Gasteiger partial charge in [-0.3, -0.25) is 4.79 Å². The van der Waals surface area contributed by atoms with Gasteiger partial charge >= 0.3 is 0 Å². The highest BCUT2D eigenvalue weighted by Gasteiger charge is 2.34. The first-order valence-corrected chi connectivity index (χ1v) is 15.7. The van der Waals surface area contributed by atoms with Gasteiger partial charge in [0.15, 0.2) is 0 Å². The zero-order valence-corrected chi connectivity index (χ0v) is 26.4. The van der Waals surface area contributed by atoms with E-state index in [1.807, 2.05) is 111 Å². The van der Waals surface area contributed by atoms with Gasteiger partial charge in [0.05, 0.1) is 5.57 Å². The zero-order chi connectivity index (χ0) is 30.6. The maximum atomic E-state index is 13.9. The highest BCUT2D eigenvalue weighted by Crippen LogP contribution is 2.38. The normalized spacial score (nSPS) is 14.1. The van der Waals surface area contributed by atoms with Crippen LogP contribution in [0.4, 0.5) is 11.6 Å². The first-order valence-electron chi connectivity index (χ1n) is 14.0. The van der Waals surface area contributed by atoms with E-state index in [9.17, 15) is 4.79 Å². The van der Waals surface area contributed by atoms with E-state index in [1.54, 1.807) is 4.68 Å². The molecule has 1 atom stereocenters. The van der Waals surface area contributed by atoms with Gasteiger partial charge in [-0.2, -0.15) is 4.98 Å². The lowest BCUT2D eigenvalue weighted by Crippen LogP contribution is -2.31. The Morgan fingerprint density at radius 1 is 0.932 bits per heavy atom. The SMILES string of the molecule is CC1=C(C(=O)Nc2cccc(C)c2)C(c2ccc(OCc3ccccc3Cl)cc2)n2nc(SCc3ccccc3Cl)nc2N1. The van der Waals surface area contributed by atoms with Crippen molar-refractivity contribution in [3.8, 4) is 5.75 Å². The first kappa shape index (κ1) is 29.8. The molecule has 0 radical (unpaired) electrons. The van der Waals surface area contributed by atoms with Crippen molar-refractivity contribution in [1.29, 1.82) is 0 Å². The molecule has 0 saturated carbocycles. The fraction of sp³-hybridized carbons (Fsp3) is 0.147. The fourth-order valence-electron chi connectivity index (χ4n) is 5.00. The number of allylic oxidation sites excluding steroid dienone is 1. The minimum atomic E-state index is -0.532. The van der Waals surface area contributed by atoms with E-state index in [-0.39, 0.29) is 5.91 Å². The molecule has 10 heteroatoms. The number of hydrogen-bond acceptors (Lipinski definition) is 6. The molecule has 2 N–H and O–H groups in total. The molecular weight excluding hydrogens is 613 g/mol. The van der Waals surface area contributed by atoms with Crippen LogP contribution in [-0.4, -0.2) is 20.7 Å². The quantitative estimate of drug-likeness (QED) is 0.157. The van der Waals surface area contributed by atoms with E-state index in [0.29, 0.717) is 50.5 Å². The first-order chi connectivity index (χ1) is 21.4. The number of aromatic nitrogens is 3. The molecule has 2 heterocycles. The van der Waals surface area contributed by atoms with Gasteiger partial charge in [0.2, 0.25) is 11.1 Å². The molecule has 1 aliphatic heterocycles. The molecule has 0 spiro atoms. The summed E-state index contributed by atoms with van der Waals surface area (Å²) in [5.41, 5.74) is 5.77. The van der Waals surface area contributed by atoms with Crippen molar-refractivity contribution < 1.29 is 9.53 Å². The Kier molecular flexibility index (Phi) is 8.93. The third-order valence-corrected chi connectivity index (χ3v) is 8.84.